The number of nitrogens with one attached hydrogen (secondary N) is 1. The number of thiophene rings is 1. The van der Waals surface area contributed by atoms with Crippen molar-refractivity contribution in [2.75, 3.05) is 5.32 Å². The van der Waals surface area contributed by atoms with Crippen molar-refractivity contribution < 1.29 is 13.7 Å². The number of carbonyl (C=O) groups is 1. The van der Waals surface area contributed by atoms with E-state index in [0.29, 0.717) is 34.4 Å². The minimum atomic E-state index is -0.276. The van der Waals surface area contributed by atoms with Gasteiger partial charge in [0.05, 0.1) is 22.8 Å². The Morgan fingerprint density at radius 3 is 2.69 bits per heavy atom. The summed E-state index contributed by atoms with van der Waals surface area (Å²) in [7, 11) is 0. The smallest absolute Gasteiger partial charge is 0.265 e. The van der Waals surface area contributed by atoms with Gasteiger partial charge in [0.2, 0.25) is 11.7 Å². The van der Waals surface area contributed by atoms with Crippen molar-refractivity contribution in [2.45, 2.75) is 20.4 Å². The van der Waals surface area contributed by atoms with Crippen molar-refractivity contribution in [3.05, 3.63) is 82.4 Å². The Bertz CT molecular complexity index is 1430. The molecule has 0 saturated carbocycles. The topological polar surface area (TPSA) is 85.8 Å². The molecule has 7 nitrogen and oxygen atoms in total. The highest BCUT2D eigenvalue weighted by Crippen LogP contribution is 2.31. The summed E-state index contributed by atoms with van der Waals surface area (Å²) in [6, 6.07) is 15.5. The molecule has 0 spiro atoms. The highest BCUT2D eigenvalue weighted by Gasteiger charge is 2.19. The third-order valence-electron chi connectivity index (χ3n) is 5.02. The number of amides is 1. The first-order valence-electron chi connectivity index (χ1n) is 9.90. The number of carbonyl (C=O) groups excluding carboxylic acids is 1. The van der Waals surface area contributed by atoms with Crippen LogP contribution in [0.5, 0.6) is 0 Å². The Hall–Kier alpha value is -3.85. The van der Waals surface area contributed by atoms with Crippen LogP contribution in [0.3, 0.4) is 0 Å². The van der Waals surface area contributed by atoms with Crippen LogP contribution in [0.4, 0.5) is 10.1 Å². The first-order valence-corrected chi connectivity index (χ1v) is 10.7. The zero-order valence-corrected chi connectivity index (χ0v) is 18.1. The van der Waals surface area contributed by atoms with Crippen LogP contribution in [-0.2, 0) is 6.54 Å². The lowest BCUT2D eigenvalue weighted by Gasteiger charge is -2.07. The molecule has 5 aromatic rings. The van der Waals surface area contributed by atoms with Gasteiger partial charge in [0, 0.05) is 17.9 Å². The molecule has 1 amide bonds. The quantitative estimate of drug-likeness (QED) is 0.400. The normalized spacial score (nSPS) is 11.2. The van der Waals surface area contributed by atoms with Crippen molar-refractivity contribution in [1.82, 2.24) is 19.9 Å². The van der Waals surface area contributed by atoms with E-state index in [4.69, 9.17) is 4.52 Å². The number of hydrogen-bond acceptors (Lipinski definition) is 6. The minimum absolute atomic E-state index is 0.230. The van der Waals surface area contributed by atoms with Gasteiger partial charge in [-0.1, -0.05) is 29.4 Å². The van der Waals surface area contributed by atoms with Crippen LogP contribution >= 0.6 is 11.3 Å². The molecule has 0 radical (unpaired) electrons. The molecule has 0 bridgehead atoms. The second-order valence-corrected chi connectivity index (χ2v) is 8.37. The lowest BCUT2D eigenvalue weighted by atomic mass is 10.1. The Balaban J connectivity index is 1.43. The molecule has 32 heavy (non-hydrogen) atoms. The van der Waals surface area contributed by atoms with E-state index in [2.05, 4.69) is 20.6 Å². The summed E-state index contributed by atoms with van der Waals surface area (Å²) in [5, 5.41) is 12.4. The van der Waals surface area contributed by atoms with E-state index in [1.54, 1.807) is 25.1 Å². The van der Waals surface area contributed by atoms with Gasteiger partial charge < -0.3 is 9.84 Å². The number of aryl methyl sites for hydroxylation is 2. The zero-order chi connectivity index (χ0) is 22.2. The summed E-state index contributed by atoms with van der Waals surface area (Å²) in [5.41, 5.74) is 3.04. The molecule has 3 aromatic heterocycles. The first-order chi connectivity index (χ1) is 15.5. The van der Waals surface area contributed by atoms with Crippen molar-refractivity contribution in [3.63, 3.8) is 0 Å². The molecule has 160 valence electrons. The fourth-order valence-corrected chi connectivity index (χ4v) is 4.53. The van der Waals surface area contributed by atoms with Crippen LogP contribution in [-0.4, -0.2) is 25.8 Å². The zero-order valence-electron chi connectivity index (χ0n) is 17.3. The van der Waals surface area contributed by atoms with E-state index in [1.165, 1.54) is 23.5 Å². The molecule has 0 aliphatic carbocycles. The second kappa shape index (κ2) is 8.01. The Morgan fingerprint density at radius 2 is 1.94 bits per heavy atom. The van der Waals surface area contributed by atoms with Gasteiger partial charge in [-0.2, -0.15) is 10.1 Å². The maximum atomic E-state index is 13.2. The summed E-state index contributed by atoms with van der Waals surface area (Å²) in [4.78, 5) is 18.8. The highest BCUT2D eigenvalue weighted by atomic mass is 32.1. The number of aromatic nitrogens is 4. The molecule has 0 saturated heterocycles. The fourth-order valence-electron chi connectivity index (χ4n) is 3.47. The number of nitrogens with zero attached hydrogens (tertiary/aromatic N) is 4. The van der Waals surface area contributed by atoms with Gasteiger partial charge >= 0.3 is 0 Å². The molecule has 3 heterocycles. The third kappa shape index (κ3) is 3.78. The lowest BCUT2D eigenvalue weighted by Crippen LogP contribution is -2.11. The van der Waals surface area contributed by atoms with Crippen LogP contribution in [0.15, 0.2) is 59.1 Å². The number of anilines is 1. The predicted molar refractivity (Wildman–Crippen MR) is 120 cm³/mol. The monoisotopic (exact) mass is 447 g/mol. The lowest BCUT2D eigenvalue weighted by molar-refractivity contribution is 0.103. The van der Waals surface area contributed by atoms with Gasteiger partial charge in [0.25, 0.3) is 5.91 Å². The Kier molecular flexibility index (Phi) is 5.02. The van der Waals surface area contributed by atoms with Crippen molar-refractivity contribution in [2.24, 2.45) is 0 Å². The van der Waals surface area contributed by atoms with Gasteiger partial charge in [-0.25, -0.2) is 4.39 Å². The van der Waals surface area contributed by atoms with E-state index < -0.39 is 0 Å². The molecule has 0 aliphatic heterocycles. The number of benzene rings is 2. The van der Waals surface area contributed by atoms with Crippen molar-refractivity contribution >= 4 is 33.1 Å². The van der Waals surface area contributed by atoms with E-state index >= 15 is 0 Å². The molecule has 9 heteroatoms. The van der Waals surface area contributed by atoms with Crippen LogP contribution in [0.1, 0.15) is 26.8 Å². The summed E-state index contributed by atoms with van der Waals surface area (Å²) in [5.74, 6) is 0.362. The van der Waals surface area contributed by atoms with Gasteiger partial charge in [0.1, 0.15) is 10.6 Å². The van der Waals surface area contributed by atoms with E-state index in [0.717, 1.165) is 21.5 Å². The summed E-state index contributed by atoms with van der Waals surface area (Å²) >= 11 is 1.36. The number of halogens is 1. The van der Waals surface area contributed by atoms with Gasteiger partial charge in [-0.15, -0.1) is 11.3 Å². The standard InChI is InChI=1S/C23H18FN5O2S/c1-13-18-11-20(32-23(18)29(27-13)12-15-7-9-16(24)10-8-15)22(30)26-19-6-4-3-5-17(19)21-25-14(2)31-28-21/h3-11H,12H2,1-2H3,(H,26,30). The van der Waals surface area contributed by atoms with Crippen LogP contribution in [0.2, 0.25) is 0 Å². The number of rotatable bonds is 5. The van der Waals surface area contributed by atoms with E-state index in [1.807, 2.05) is 35.9 Å². The fraction of sp³-hybridized carbons (Fsp3) is 0.130. The number of fused-ring (bicyclic) bond motifs is 1. The summed E-state index contributed by atoms with van der Waals surface area (Å²) in [6.45, 7) is 4.12. The van der Waals surface area contributed by atoms with Crippen LogP contribution in [0.25, 0.3) is 21.6 Å². The minimum Gasteiger partial charge on any atom is -0.339 e. The second-order valence-electron chi connectivity index (χ2n) is 7.34. The van der Waals surface area contributed by atoms with Gasteiger partial charge in [-0.05, 0) is 42.8 Å². The molecule has 0 aliphatic rings. The predicted octanol–water partition coefficient (Wildman–Crippen LogP) is 5.20. The van der Waals surface area contributed by atoms with Crippen molar-refractivity contribution in [3.8, 4) is 11.4 Å². The van der Waals surface area contributed by atoms with Crippen LogP contribution < -0.4 is 5.32 Å². The molecule has 5 rings (SSSR count). The number of hydrogen-bond donors (Lipinski definition) is 1. The largest absolute Gasteiger partial charge is 0.339 e. The maximum absolute atomic E-state index is 13.2. The average molecular weight is 447 g/mol. The first kappa shape index (κ1) is 20.1. The molecule has 2 aromatic carbocycles. The van der Waals surface area contributed by atoms with Crippen LogP contribution in [0, 0.1) is 19.7 Å². The summed E-state index contributed by atoms with van der Waals surface area (Å²) < 4.78 is 20.1. The third-order valence-corrected chi connectivity index (χ3v) is 6.17. The SMILES string of the molecule is Cc1nc(-c2ccccc2NC(=O)c2cc3c(C)nn(Cc4ccc(F)cc4)c3s2)no1. The molecular weight excluding hydrogens is 429 g/mol. The summed E-state index contributed by atoms with van der Waals surface area (Å²) in [6.07, 6.45) is 0. The van der Waals surface area contributed by atoms with Gasteiger partial charge in [-0.3, -0.25) is 9.48 Å². The molecule has 1 N–H and O–H groups in total. The van der Waals surface area contributed by atoms with E-state index in [-0.39, 0.29) is 11.7 Å². The molecular formula is C23H18FN5O2S. The highest BCUT2D eigenvalue weighted by molar-refractivity contribution is 7.20. The molecule has 0 atom stereocenters. The molecule has 0 unspecified atom stereocenters. The molecule has 0 fully saturated rings. The number of para-hydroxylation sites is 1. The average Bonchev–Trinajstić information content (AvgIpc) is 3.48. The Labute approximate surface area is 186 Å². The van der Waals surface area contributed by atoms with E-state index in [9.17, 15) is 9.18 Å². The van der Waals surface area contributed by atoms with Crippen molar-refractivity contribution in [1.29, 1.82) is 0 Å². The maximum Gasteiger partial charge on any atom is 0.265 e. The van der Waals surface area contributed by atoms with Gasteiger partial charge in [0.15, 0.2) is 0 Å². The Morgan fingerprint density at radius 1 is 1.16 bits per heavy atom.